The minimum absolute atomic E-state index is 0.102. The molecule has 3 N–H and O–H groups in total. The van der Waals surface area contributed by atoms with Crippen molar-refractivity contribution in [3.05, 3.63) is 63.1 Å². The van der Waals surface area contributed by atoms with Crippen LogP contribution >= 0.6 is 23.2 Å². The summed E-state index contributed by atoms with van der Waals surface area (Å²) in [5.74, 6) is -1.16. The minimum Gasteiger partial charge on any atom is -0.372 e. The topological polar surface area (TPSA) is 86.9 Å². The Bertz CT molecular complexity index is 1040. The van der Waals surface area contributed by atoms with Crippen LogP contribution in [0.25, 0.3) is 0 Å². The van der Waals surface area contributed by atoms with Crippen molar-refractivity contribution < 1.29 is 14.7 Å². The van der Waals surface area contributed by atoms with Crippen LogP contribution in [0.4, 0.5) is 5.69 Å². The lowest BCUT2D eigenvalue weighted by Gasteiger charge is -2.32. The number of rotatable bonds is 4. The average molecular weight is 462 g/mol. The molecule has 2 amide bonds. The molecule has 2 aliphatic heterocycles. The molecule has 4 rings (SSSR count). The van der Waals surface area contributed by atoms with E-state index >= 15 is 0 Å². The average Bonchev–Trinajstić information content (AvgIpc) is 2.88. The molecule has 2 unspecified atom stereocenters. The number of carbonyl (C=O) groups excluding carboxylic acids is 2. The quantitative estimate of drug-likeness (QED) is 0.728. The van der Waals surface area contributed by atoms with E-state index in [2.05, 4.69) is 11.8 Å². The van der Waals surface area contributed by atoms with Crippen molar-refractivity contribution in [2.75, 3.05) is 24.5 Å². The second-order valence-electron chi connectivity index (χ2n) is 8.12. The number of hydrogen-bond donors (Lipinski definition) is 2. The lowest BCUT2D eigenvalue weighted by atomic mass is 9.87. The van der Waals surface area contributed by atoms with Crippen molar-refractivity contribution in [1.29, 1.82) is 0 Å². The van der Waals surface area contributed by atoms with Gasteiger partial charge in [-0.15, -0.1) is 0 Å². The van der Waals surface area contributed by atoms with Gasteiger partial charge in [-0.1, -0.05) is 54.7 Å². The number of benzene rings is 2. The molecule has 2 heterocycles. The largest absolute Gasteiger partial charge is 0.372 e. The third-order valence-corrected chi connectivity index (χ3v) is 6.94. The van der Waals surface area contributed by atoms with E-state index in [1.165, 1.54) is 6.07 Å². The smallest absolute Gasteiger partial charge is 0.268 e. The highest BCUT2D eigenvalue weighted by atomic mass is 35.5. The van der Waals surface area contributed by atoms with Crippen LogP contribution in [-0.2, 0) is 10.4 Å². The molecular weight excluding hydrogens is 437 g/mol. The highest BCUT2D eigenvalue weighted by molar-refractivity contribution is 6.35. The maximum absolute atomic E-state index is 13.9. The molecule has 0 aromatic heterocycles. The number of anilines is 1. The van der Waals surface area contributed by atoms with Crippen LogP contribution in [0.1, 0.15) is 47.7 Å². The zero-order valence-electron chi connectivity index (χ0n) is 17.3. The molecule has 2 aromatic rings. The van der Waals surface area contributed by atoms with Gasteiger partial charge in [0.05, 0.1) is 10.7 Å². The first-order valence-electron chi connectivity index (χ1n) is 10.5. The van der Waals surface area contributed by atoms with E-state index in [9.17, 15) is 14.7 Å². The van der Waals surface area contributed by atoms with Gasteiger partial charge in [0, 0.05) is 34.3 Å². The number of likely N-dealkylation sites (tertiary alicyclic amines) is 1. The number of carbonyl (C=O) groups is 2. The molecule has 8 heteroatoms. The van der Waals surface area contributed by atoms with E-state index < -0.39 is 17.4 Å². The zero-order valence-corrected chi connectivity index (χ0v) is 18.8. The number of amides is 2. The highest BCUT2D eigenvalue weighted by Gasteiger charge is 2.55. The molecule has 0 spiro atoms. The van der Waals surface area contributed by atoms with Gasteiger partial charge >= 0.3 is 0 Å². The number of halogens is 2. The van der Waals surface area contributed by atoms with Crippen molar-refractivity contribution in [2.45, 2.75) is 37.8 Å². The minimum atomic E-state index is -2.05. The van der Waals surface area contributed by atoms with Crippen LogP contribution in [-0.4, -0.2) is 47.5 Å². The van der Waals surface area contributed by atoms with E-state index in [1.807, 2.05) is 0 Å². The van der Waals surface area contributed by atoms with E-state index in [-0.39, 0.29) is 32.8 Å². The number of nitrogens with two attached hydrogens (primary N) is 1. The number of hydrogen-bond acceptors (Lipinski definition) is 4. The Morgan fingerprint density at radius 2 is 1.97 bits per heavy atom. The molecule has 2 atom stereocenters. The van der Waals surface area contributed by atoms with Gasteiger partial charge in [-0.3, -0.25) is 9.59 Å². The maximum atomic E-state index is 13.9. The van der Waals surface area contributed by atoms with Crippen molar-refractivity contribution in [3.63, 3.8) is 0 Å². The predicted octanol–water partition coefficient (Wildman–Crippen LogP) is 3.55. The molecule has 0 bridgehead atoms. The Kier molecular flexibility index (Phi) is 6.01. The molecule has 2 aliphatic rings. The Morgan fingerprint density at radius 3 is 2.65 bits per heavy atom. The molecule has 2 aromatic carbocycles. The molecule has 6 nitrogen and oxygen atoms in total. The first-order valence-corrected chi connectivity index (χ1v) is 11.2. The summed E-state index contributed by atoms with van der Waals surface area (Å²) in [7, 11) is 0. The van der Waals surface area contributed by atoms with Gasteiger partial charge in [0.2, 0.25) is 5.91 Å². The standard InChI is InChI=1S/C23H25Cl2N3O3/c1-2-27-10-6-5-7-15(13-27)28-19-12-14(21(26)29)11-18(25)20(19)23(31,22(28)30)16-8-3-4-9-17(16)24/h3-4,8-9,11-12,15,31H,2,5-7,10,13H2,1H3,(H2,26,29). The van der Waals surface area contributed by atoms with Crippen LogP contribution in [0.3, 0.4) is 0 Å². The van der Waals surface area contributed by atoms with Gasteiger partial charge in [-0.2, -0.15) is 0 Å². The second kappa shape index (κ2) is 8.43. The molecule has 0 saturated carbocycles. The fourth-order valence-electron chi connectivity index (χ4n) is 4.73. The van der Waals surface area contributed by atoms with Crippen LogP contribution in [0.2, 0.25) is 10.0 Å². The molecule has 1 fully saturated rings. The number of likely N-dealkylation sites (N-methyl/N-ethyl adjacent to an activating group) is 1. The first kappa shape index (κ1) is 22.1. The van der Waals surface area contributed by atoms with E-state index in [1.54, 1.807) is 35.2 Å². The monoisotopic (exact) mass is 461 g/mol. The van der Waals surface area contributed by atoms with Gasteiger partial charge < -0.3 is 20.6 Å². The predicted molar refractivity (Wildman–Crippen MR) is 122 cm³/mol. The molecule has 0 aliphatic carbocycles. The van der Waals surface area contributed by atoms with Gasteiger partial charge in [0.1, 0.15) is 0 Å². The van der Waals surface area contributed by atoms with E-state index in [4.69, 9.17) is 28.9 Å². The summed E-state index contributed by atoms with van der Waals surface area (Å²) in [6.07, 6.45) is 2.77. The summed E-state index contributed by atoms with van der Waals surface area (Å²) in [4.78, 5) is 29.7. The Labute approximate surface area is 191 Å². The zero-order chi connectivity index (χ0) is 22.3. The Morgan fingerprint density at radius 1 is 1.23 bits per heavy atom. The SMILES string of the molecule is CCN1CCCCC(N2C(=O)C(O)(c3ccccc3Cl)c3c(Cl)cc(C(N)=O)cc32)C1. The third kappa shape index (κ3) is 3.61. The molecule has 164 valence electrons. The van der Waals surface area contributed by atoms with Crippen molar-refractivity contribution >= 4 is 40.7 Å². The molecule has 31 heavy (non-hydrogen) atoms. The van der Waals surface area contributed by atoms with Crippen molar-refractivity contribution in [2.24, 2.45) is 5.73 Å². The molecule has 0 radical (unpaired) electrons. The van der Waals surface area contributed by atoms with Gasteiger partial charge in [-0.05, 0) is 44.1 Å². The summed E-state index contributed by atoms with van der Waals surface area (Å²) in [6.45, 7) is 4.57. The number of fused-ring (bicyclic) bond motifs is 1. The molecule has 1 saturated heterocycles. The highest BCUT2D eigenvalue weighted by Crippen LogP contribution is 2.51. The van der Waals surface area contributed by atoms with Crippen LogP contribution in [0.15, 0.2) is 36.4 Å². The van der Waals surface area contributed by atoms with E-state index in [0.29, 0.717) is 12.2 Å². The maximum Gasteiger partial charge on any atom is 0.268 e. The van der Waals surface area contributed by atoms with Crippen LogP contribution < -0.4 is 10.6 Å². The summed E-state index contributed by atoms with van der Waals surface area (Å²) in [6, 6.07) is 9.46. The number of aliphatic hydroxyl groups is 1. The van der Waals surface area contributed by atoms with Crippen molar-refractivity contribution in [1.82, 2.24) is 4.90 Å². The lowest BCUT2D eigenvalue weighted by molar-refractivity contribution is -0.132. The fraction of sp³-hybridized carbons (Fsp3) is 0.391. The van der Waals surface area contributed by atoms with Crippen LogP contribution in [0.5, 0.6) is 0 Å². The van der Waals surface area contributed by atoms with Gasteiger partial charge in [-0.25, -0.2) is 0 Å². The number of primary amides is 1. The molecular formula is C23H25Cl2N3O3. The Hall–Kier alpha value is -2.12. The Balaban J connectivity index is 1.94. The number of nitrogens with zero attached hydrogens (tertiary/aromatic N) is 2. The lowest BCUT2D eigenvalue weighted by Crippen LogP contribution is -2.49. The summed E-state index contributed by atoms with van der Waals surface area (Å²) < 4.78 is 0. The summed E-state index contributed by atoms with van der Waals surface area (Å²) in [5.41, 5.74) is 4.57. The summed E-state index contributed by atoms with van der Waals surface area (Å²) >= 11 is 13.0. The second-order valence-corrected chi connectivity index (χ2v) is 8.94. The van der Waals surface area contributed by atoms with Gasteiger partial charge in [0.25, 0.3) is 5.91 Å². The first-order chi connectivity index (χ1) is 14.8. The van der Waals surface area contributed by atoms with Crippen molar-refractivity contribution in [3.8, 4) is 0 Å². The summed E-state index contributed by atoms with van der Waals surface area (Å²) in [5, 5.41) is 12.2. The normalized spacial score (nSPS) is 24.2. The van der Waals surface area contributed by atoms with E-state index in [0.717, 1.165) is 32.4 Å². The van der Waals surface area contributed by atoms with Crippen LogP contribution in [0, 0.1) is 0 Å². The fourth-order valence-corrected chi connectivity index (χ4v) is 5.36. The third-order valence-electron chi connectivity index (χ3n) is 6.31. The van der Waals surface area contributed by atoms with Gasteiger partial charge in [0.15, 0.2) is 5.60 Å².